The number of thiophene rings is 1. The first-order chi connectivity index (χ1) is 20.2. The van der Waals surface area contributed by atoms with Gasteiger partial charge in [0.05, 0.1) is 30.6 Å². The van der Waals surface area contributed by atoms with Gasteiger partial charge in [0.25, 0.3) is 0 Å². The first-order valence-corrected chi connectivity index (χ1v) is 14.5. The summed E-state index contributed by atoms with van der Waals surface area (Å²) in [5.41, 5.74) is 5.84. The molecule has 1 aromatic heterocycles. The molecule has 0 saturated heterocycles. The molecular formula is C31H33N3O7S. The topological polar surface area (TPSA) is 132 Å². The highest BCUT2D eigenvalue weighted by Gasteiger charge is 2.28. The number of carbonyl (C=O) groups is 4. The molecule has 0 saturated carbocycles. The standard InChI is InChI=1S/C31H33N3O7S/c1-5-40-31(38)26-22-9-7-6-8-10-25(22)42-29(26)32-27(35)28(36)34-33-19(3)21-15-16-23(24(17-21)39-4)41-30(37)20-13-11-18(2)12-14-20/h11-17H,5-10H2,1-4H3,(H,32,35)(H,34,36)/b33-19+. The van der Waals surface area contributed by atoms with Crippen molar-refractivity contribution < 1.29 is 33.4 Å². The Kier molecular flexibility index (Phi) is 10.1. The lowest BCUT2D eigenvalue weighted by Gasteiger charge is -2.11. The van der Waals surface area contributed by atoms with E-state index in [1.807, 2.05) is 19.1 Å². The number of hydrazone groups is 1. The van der Waals surface area contributed by atoms with Crippen LogP contribution < -0.4 is 20.2 Å². The average molecular weight is 592 g/mol. The first kappa shape index (κ1) is 30.4. The van der Waals surface area contributed by atoms with Gasteiger partial charge in [0, 0.05) is 10.4 Å². The van der Waals surface area contributed by atoms with E-state index < -0.39 is 23.8 Å². The molecule has 0 aliphatic heterocycles. The maximum Gasteiger partial charge on any atom is 0.343 e. The highest BCUT2D eigenvalue weighted by atomic mass is 32.1. The zero-order valence-electron chi connectivity index (χ0n) is 24.0. The highest BCUT2D eigenvalue weighted by molar-refractivity contribution is 7.17. The second-order valence-corrected chi connectivity index (χ2v) is 10.8. The molecule has 0 bridgehead atoms. The Bertz CT molecular complexity index is 1530. The van der Waals surface area contributed by atoms with Crippen LogP contribution in [0, 0.1) is 6.92 Å². The number of nitrogens with zero attached hydrogens (tertiary/aromatic N) is 1. The molecule has 0 fully saturated rings. The number of amides is 2. The zero-order valence-corrected chi connectivity index (χ0v) is 24.8. The molecule has 1 aliphatic carbocycles. The number of rotatable bonds is 8. The summed E-state index contributed by atoms with van der Waals surface area (Å²) in [5, 5.41) is 6.94. The number of ether oxygens (including phenoxy) is 3. The van der Waals surface area contributed by atoms with Crippen molar-refractivity contribution in [3.63, 3.8) is 0 Å². The van der Waals surface area contributed by atoms with E-state index in [1.54, 1.807) is 44.2 Å². The predicted molar refractivity (Wildman–Crippen MR) is 160 cm³/mol. The Hall–Kier alpha value is -4.51. The number of benzene rings is 2. The molecule has 2 N–H and O–H groups in total. The van der Waals surface area contributed by atoms with Gasteiger partial charge in [-0.05, 0) is 82.3 Å². The third-order valence-corrected chi connectivity index (χ3v) is 7.94. The lowest BCUT2D eigenvalue weighted by molar-refractivity contribution is -0.136. The summed E-state index contributed by atoms with van der Waals surface area (Å²) in [7, 11) is 1.44. The molecule has 11 heteroatoms. The Morgan fingerprint density at radius 2 is 1.62 bits per heavy atom. The molecular weight excluding hydrogens is 558 g/mol. The summed E-state index contributed by atoms with van der Waals surface area (Å²) in [6.45, 7) is 5.48. The summed E-state index contributed by atoms with van der Waals surface area (Å²) in [4.78, 5) is 51.7. The van der Waals surface area contributed by atoms with Gasteiger partial charge in [-0.25, -0.2) is 15.0 Å². The largest absolute Gasteiger partial charge is 0.493 e. The molecule has 0 unspecified atom stereocenters. The molecule has 2 amide bonds. The van der Waals surface area contributed by atoms with E-state index in [0.717, 1.165) is 48.1 Å². The third-order valence-electron chi connectivity index (χ3n) is 6.73. The van der Waals surface area contributed by atoms with Crippen LogP contribution in [0.15, 0.2) is 47.6 Å². The summed E-state index contributed by atoms with van der Waals surface area (Å²) < 4.78 is 16.1. The van der Waals surface area contributed by atoms with Gasteiger partial charge >= 0.3 is 23.8 Å². The maximum absolute atomic E-state index is 12.8. The molecule has 2 aromatic carbocycles. The van der Waals surface area contributed by atoms with E-state index >= 15 is 0 Å². The van der Waals surface area contributed by atoms with Gasteiger partial charge in [0.1, 0.15) is 5.00 Å². The van der Waals surface area contributed by atoms with E-state index in [-0.39, 0.29) is 18.1 Å². The van der Waals surface area contributed by atoms with E-state index in [0.29, 0.717) is 27.4 Å². The van der Waals surface area contributed by atoms with Crippen molar-refractivity contribution in [1.82, 2.24) is 5.43 Å². The van der Waals surface area contributed by atoms with Gasteiger partial charge in [-0.15, -0.1) is 11.3 Å². The van der Waals surface area contributed by atoms with Crippen LogP contribution in [0.2, 0.25) is 0 Å². The Morgan fingerprint density at radius 1 is 0.905 bits per heavy atom. The number of esters is 2. The minimum absolute atomic E-state index is 0.201. The number of aryl methyl sites for hydroxylation is 2. The van der Waals surface area contributed by atoms with Crippen LogP contribution in [0.1, 0.15) is 75.4 Å². The average Bonchev–Trinajstić information content (AvgIpc) is 3.15. The van der Waals surface area contributed by atoms with E-state index in [4.69, 9.17) is 14.2 Å². The van der Waals surface area contributed by atoms with Crippen molar-refractivity contribution in [2.45, 2.75) is 52.9 Å². The number of nitrogens with one attached hydrogen (secondary N) is 2. The number of hydrogen-bond acceptors (Lipinski definition) is 9. The molecule has 1 heterocycles. The van der Waals surface area contributed by atoms with Gasteiger partial charge < -0.3 is 19.5 Å². The summed E-state index contributed by atoms with van der Waals surface area (Å²) >= 11 is 1.31. The number of hydrogen-bond donors (Lipinski definition) is 2. The molecule has 10 nitrogen and oxygen atoms in total. The van der Waals surface area contributed by atoms with Gasteiger partial charge in [-0.3, -0.25) is 9.59 Å². The van der Waals surface area contributed by atoms with E-state index in [9.17, 15) is 19.2 Å². The maximum atomic E-state index is 12.8. The number of methoxy groups -OCH3 is 1. The van der Waals surface area contributed by atoms with E-state index in [2.05, 4.69) is 15.8 Å². The first-order valence-electron chi connectivity index (χ1n) is 13.7. The summed E-state index contributed by atoms with van der Waals surface area (Å²) in [6.07, 6.45) is 4.54. The predicted octanol–water partition coefficient (Wildman–Crippen LogP) is 5.21. The van der Waals surface area contributed by atoms with Crippen LogP contribution in [0.4, 0.5) is 5.00 Å². The normalized spacial score (nSPS) is 12.9. The lowest BCUT2D eigenvalue weighted by atomic mass is 10.1. The lowest BCUT2D eigenvalue weighted by Crippen LogP contribution is -2.33. The molecule has 0 spiro atoms. The van der Waals surface area contributed by atoms with Gasteiger partial charge in [0.2, 0.25) is 0 Å². The van der Waals surface area contributed by atoms with Gasteiger partial charge in [0.15, 0.2) is 11.5 Å². The van der Waals surface area contributed by atoms with Crippen LogP contribution in [0.3, 0.4) is 0 Å². The minimum atomic E-state index is -0.997. The van der Waals surface area contributed by atoms with Gasteiger partial charge in [-0.1, -0.05) is 24.1 Å². The van der Waals surface area contributed by atoms with Gasteiger partial charge in [-0.2, -0.15) is 5.10 Å². The molecule has 0 radical (unpaired) electrons. The number of anilines is 1. The van der Waals surface area contributed by atoms with E-state index in [1.165, 1.54) is 18.4 Å². The summed E-state index contributed by atoms with van der Waals surface area (Å²) in [5.74, 6) is -2.49. The van der Waals surface area contributed by atoms with Crippen molar-refractivity contribution >= 4 is 45.8 Å². The zero-order chi connectivity index (χ0) is 30.2. The SMILES string of the molecule is CCOC(=O)c1c(NC(=O)C(=O)N/N=C(\C)c2ccc(OC(=O)c3ccc(C)cc3)c(OC)c2)sc2c1CCCCC2. The van der Waals surface area contributed by atoms with Crippen LogP contribution >= 0.6 is 11.3 Å². The fraction of sp³-hybridized carbons (Fsp3) is 0.323. The number of fused-ring (bicyclic) bond motifs is 1. The Morgan fingerprint density at radius 3 is 2.33 bits per heavy atom. The highest BCUT2D eigenvalue weighted by Crippen LogP contribution is 2.38. The Balaban J connectivity index is 1.44. The Labute approximate surface area is 248 Å². The molecule has 3 aromatic rings. The van der Waals surface area contributed by atoms with Crippen LogP contribution in [-0.2, 0) is 27.2 Å². The number of carbonyl (C=O) groups excluding carboxylic acids is 4. The van der Waals surface area contributed by atoms with Crippen molar-refractivity contribution in [1.29, 1.82) is 0 Å². The minimum Gasteiger partial charge on any atom is -0.493 e. The second-order valence-electron chi connectivity index (χ2n) is 9.70. The van der Waals surface area contributed by atoms with Crippen LogP contribution in [-0.4, -0.2) is 43.2 Å². The molecule has 1 aliphatic rings. The molecule has 0 atom stereocenters. The van der Waals surface area contributed by atoms with Crippen molar-refractivity contribution in [3.8, 4) is 11.5 Å². The molecule has 220 valence electrons. The smallest absolute Gasteiger partial charge is 0.343 e. The quantitative estimate of drug-likeness (QED) is 0.0918. The third kappa shape index (κ3) is 7.22. The van der Waals surface area contributed by atoms with Crippen LogP contribution in [0.25, 0.3) is 0 Å². The van der Waals surface area contributed by atoms with Crippen molar-refractivity contribution in [2.75, 3.05) is 19.0 Å². The molecule has 4 rings (SSSR count). The van der Waals surface area contributed by atoms with Crippen molar-refractivity contribution in [2.24, 2.45) is 5.10 Å². The molecule has 42 heavy (non-hydrogen) atoms. The fourth-order valence-corrected chi connectivity index (χ4v) is 5.76. The monoisotopic (exact) mass is 591 g/mol. The summed E-state index contributed by atoms with van der Waals surface area (Å²) in [6, 6.07) is 11.8. The van der Waals surface area contributed by atoms with Crippen LogP contribution in [0.5, 0.6) is 11.5 Å². The second kappa shape index (κ2) is 13.9. The van der Waals surface area contributed by atoms with Crippen molar-refractivity contribution in [3.05, 3.63) is 75.2 Å². The fourth-order valence-electron chi connectivity index (χ4n) is 4.49.